The van der Waals surface area contributed by atoms with E-state index in [4.69, 9.17) is 33.0 Å². The van der Waals surface area contributed by atoms with Gasteiger partial charge in [0.25, 0.3) is 0 Å². The number of ether oxygens (including phenoxy) is 1. The molecule has 3 aromatic rings. The number of benzene rings is 3. The first-order valence-corrected chi connectivity index (χ1v) is 10.4. The molecule has 2 N–H and O–H groups in total. The molecular formula is C24H21Cl2FO4. The smallest absolute Gasteiger partial charge is 0.341 e. The third-order valence-electron chi connectivity index (χ3n) is 5.01. The molecule has 0 saturated carbocycles. The standard InChI is InChI=1S/C24H21Cl2FO4/c1-2-18(15-4-6-16(27)7-5-15)19-9-14(3-8-23(19)28)10-20-21(25)11-17(12-22(20)26)31-13-24(29)30/h3-9,11-12,18,28H,2,10,13H2,1H3,(H,29,30). The summed E-state index contributed by atoms with van der Waals surface area (Å²) < 4.78 is 18.5. The van der Waals surface area contributed by atoms with Gasteiger partial charge in [-0.1, -0.05) is 54.4 Å². The van der Waals surface area contributed by atoms with E-state index in [-0.39, 0.29) is 23.2 Å². The first-order valence-electron chi connectivity index (χ1n) is 9.68. The molecule has 162 valence electrons. The van der Waals surface area contributed by atoms with Gasteiger partial charge in [0.1, 0.15) is 17.3 Å². The van der Waals surface area contributed by atoms with Crippen LogP contribution < -0.4 is 4.74 Å². The van der Waals surface area contributed by atoms with Crippen LogP contribution in [0.2, 0.25) is 10.0 Å². The Morgan fingerprint density at radius 1 is 1.06 bits per heavy atom. The van der Waals surface area contributed by atoms with Crippen molar-refractivity contribution in [3.63, 3.8) is 0 Å². The van der Waals surface area contributed by atoms with E-state index in [1.165, 1.54) is 24.3 Å². The summed E-state index contributed by atoms with van der Waals surface area (Å²) in [5.74, 6) is -1.07. The van der Waals surface area contributed by atoms with Crippen LogP contribution in [0.1, 0.15) is 41.5 Å². The molecule has 3 aromatic carbocycles. The third-order valence-corrected chi connectivity index (χ3v) is 5.68. The van der Waals surface area contributed by atoms with Gasteiger partial charge in [-0.25, -0.2) is 9.18 Å². The lowest BCUT2D eigenvalue weighted by Gasteiger charge is -2.19. The van der Waals surface area contributed by atoms with Gasteiger partial charge in [-0.3, -0.25) is 0 Å². The maximum Gasteiger partial charge on any atom is 0.341 e. The van der Waals surface area contributed by atoms with Gasteiger partial charge >= 0.3 is 5.97 Å². The lowest BCUT2D eigenvalue weighted by Crippen LogP contribution is -2.09. The SMILES string of the molecule is CCC(c1ccc(F)cc1)c1cc(Cc2c(Cl)cc(OCC(=O)O)cc2Cl)ccc1O. The van der Waals surface area contributed by atoms with Crippen molar-refractivity contribution in [2.75, 3.05) is 6.61 Å². The molecule has 0 aliphatic heterocycles. The summed E-state index contributed by atoms with van der Waals surface area (Å²) in [6.07, 6.45) is 1.13. The first kappa shape index (κ1) is 22.9. The highest BCUT2D eigenvalue weighted by molar-refractivity contribution is 6.36. The number of carbonyl (C=O) groups is 1. The Kier molecular flexibility index (Phi) is 7.42. The zero-order chi connectivity index (χ0) is 22.5. The quantitative estimate of drug-likeness (QED) is 0.404. The van der Waals surface area contributed by atoms with Gasteiger partial charge < -0.3 is 14.9 Å². The first-order chi connectivity index (χ1) is 14.8. The average Bonchev–Trinajstić information content (AvgIpc) is 2.73. The Hall–Kier alpha value is -2.76. The number of hydrogen-bond donors (Lipinski definition) is 2. The van der Waals surface area contributed by atoms with Crippen molar-refractivity contribution < 1.29 is 24.1 Å². The molecule has 0 aromatic heterocycles. The maximum atomic E-state index is 13.3. The summed E-state index contributed by atoms with van der Waals surface area (Å²) in [6.45, 7) is 1.51. The van der Waals surface area contributed by atoms with Gasteiger partial charge in [0.05, 0.1) is 0 Å². The number of rotatable bonds is 8. The summed E-state index contributed by atoms with van der Waals surface area (Å²) in [5.41, 5.74) is 3.20. The normalized spacial score (nSPS) is 11.9. The number of phenolic OH excluding ortho intramolecular Hbond substituents is 1. The van der Waals surface area contributed by atoms with Crippen molar-refractivity contribution in [1.82, 2.24) is 0 Å². The summed E-state index contributed by atoms with van der Waals surface area (Å²) in [6, 6.07) is 14.6. The van der Waals surface area contributed by atoms with Crippen molar-refractivity contribution >= 4 is 29.2 Å². The van der Waals surface area contributed by atoms with Gasteiger partial charge in [-0.2, -0.15) is 0 Å². The molecule has 0 radical (unpaired) electrons. The minimum Gasteiger partial charge on any atom is -0.508 e. The van der Waals surface area contributed by atoms with E-state index in [1.54, 1.807) is 24.3 Å². The molecule has 0 fully saturated rings. The minimum atomic E-state index is -1.10. The lowest BCUT2D eigenvalue weighted by molar-refractivity contribution is -0.139. The summed E-state index contributed by atoms with van der Waals surface area (Å²) in [4.78, 5) is 10.7. The molecule has 7 heteroatoms. The Morgan fingerprint density at radius 3 is 2.29 bits per heavy atom. The second-order valence-electron chi connectivity index (χ2n) is 7.13. The molecule has 1 unspecified atom stereocenters. The van der Waals surface area contributed by atoms with Crippen molar-refractivity contribution in [3.05, 3.63) is 92.7 Å². The van der Waals surface area contributed by atoms with Crippen LogP contribution in [0.3, 0.4) is 0 Å². The van der Waals surface area contributed by atoms with Gasteiger partial charge in [-0.05, 0) is 53.4 Å². The molecule has 3 rings (SSSR count). The Balaban J connectivity index is 1.89. The molecule has 0 amide bonds. The van der Waals surface area contributed by atoms with Gasteiger partial charge in [-0.15, -0.1) is 0 Å². The molecule has 4 nitrogen and oxygen atoms in total. The van der Waals surface area contributed by atoms with Crippen molar-refractivity contribution in [3.8, 4) is 11.5 Å². The van der Waals surface area contributed by atoms with E-state index in [0.717, 1.165) is 23.1 Å². The summed E-state index contributed by atoms with van der Waals surface area (Å²) in [5, 5.41) is 19.9. The highest BCUT2D eigenvalue weighted by Gasteiger charge is 2.18. The largest absolute Gasteiger partial charge is 0.508 e. The van der Waals surface area contributed by atoms with Crippen LogP contribution in [0.25, 0.3) is 0 Å². The molecule has 0 aliphatic carbocycles. The zero-order valence-electron chi connectivity index (χ0n) is 16.7. The summed E-state index contributed by atoms with van der Waals surface area (Å²) in [7, 11) is 0. The van der Waals surface area contributed by atoms with Crippen LogP contribution in [0, 0.1) is 5.82 Å². The highest BCUT2D eigenvalue weighted by Crippen LogP contribution is 2.37. The number of halogens is 3. The molecule has 31 heavy (non-hydrogen) atoms. The number of aliphatic carboxylic acids is 1. The van der Waals surface area contributed by atoms with E-state index in [0.29, 0.717) is 22.0 Å². The number of carboxylic acid groups (broad SMARTS) is 1. The fraction of sp³-hybridized carbons (Fsp3) is 0.208. The topological polar surface area (TPSA) is 66.8 Å². The second kappa shape index (κ2) is 10.0. The maximum absolute atomic E-state index is 13.3. The van der Waals surface area contributed by atoms with Crippen LogP contribution >= 0.6 is 23.2 Å². The van der Waals surface area contributed by atoms with Crippen LogP contribution in [0.4, 0.5) is 4.39 Å². The molecular weight excluding hydrogens is 442 g/mol. The van der Waals surface area contributed by atoms with E-state index < -0.39 is 12.6 Å². The molecule has 0 bridgehead atoms. The highest BCUT2D eigenvalue weighted by atomic mass is 35.5. The van der Waals surface area contributed by atoms with Gasteiger partial charge in [0.15, 0.2) is 6.61 Å². The second-order valence-corrected chi connectivity index (χ2v) is 7.94. The van der Waals surface area contributed by atoms with E-state index >= 15 is 0 Å². The Labute approximate surface area is 189 Å². The fourth-order valence-corrected chi connectivity index (χ4v) is 4.11. The van der Waals surface area contributed by atoms with E-state index in [2.05, 4.69) is 0 Å². The van der Waals surface area contributed by atoms with Crippen LogP contribution in [0.5, 0.6) is 11.5 Å². The number of carboxylic acids is 1. The molecule has 0 heterocycles. The van der Waals surface area contributed by atoms with Crippen LogP contribution in [0.15, 0.2) is 54.6 Å². The minimum absolute atomic E-state index is 0.0988. The average molecular weight is 463 g/mol. The zero-order valence-corrected chi connectivity index (χ0v) is 18.3. The Morgan fingerprint density at radius 2 is 1.71 bits per heavy atom. The van der Waals surface area contributed by atoms with Crippen LogP contribution in [-0.2, 0) is 11.2 Å². The molecule has 0 saturated heterocycles. The van der Waals surface area contributed by atoms with Crippen molar-refractivity contribution in [2.24, 2.45) is 0 Å². The predicted octanol–water partition coefficient (Wildman–Crippen LogP) is 6.43. The molecule has 1 atom stereocenters. The van der Waals surface area contributed by atoms with Gasteiger partial charge in [0, 0.05) is 27.9 Å². The number of aromatic hydroxyl groups is 1. The van der Waals surface area contributed by atoms with E-state index in [9.17, 15) is 14.3 Å². The number of hydrogen-bond acceptors (Lipinski definition) is 3. The fourth-order valence-electron chi connectivity index (χ4n) is 3.50. The third kappa shape index (κ3) is 5.69. The van der Waals surface area contributed by atoms with E-state index in [1.807, 2.05) is 13.0 Å². The lowest BCUT2D eigenvalue weighted by atomic mass is 9.87. The number of phenols is 1. The summed E-state index contributed by atoms with van der Waals surface area (Å²) >= 11 is 12.7. The van der Waals surface area contributed by atoms with Crippen molar-refractivity contribution in [2.45, 2.75) is 25.7 Å². The molecule has 0 aliphatic rings. The Bertz CT molecular complexity index is 1060. The monoisotopic (exact) mass is 462 g/mol. The van der Waals surface area contributed by atoms with Crippen molar-refractivity contribution in [1.29, 1.82) is 0 Å². The van der Waals surface area contributed by atoms with Crippen LogP contribution in [-0.4, -0.2) is 22.8 Å². The molecule has 0 spiro atoms. The predicted molar refractivity (Wildman–Crippen MR) is 119 cm³/mol. The van der Waals surface area contributed by atoms with Gasteiger partial charge in [0.2, 0.25) is 0 Å².